The standard InChI is InChI=1S/C7H7N3O/c1-11-7-9-3-2-6(4-8)5-10-7/h2-3,5H,1H3,(H,9,10). The number of ether oxygens (including phenoxy) is 1. The van der Waals surface area contributed by atoms with E-state index in [1.54, 1.807) is 12.3 Å². The van der Waals surface area contributed by atoms with Crippen LogP contribution in [-0.4, -0.2) is 13.1 Å². The van der Waals surface area contributed by atoms with Crippen LogP contribution in [0.4, 0.5) is 0 Å². The first-order valence-electron chi connectivity index (χ1n) is 3.02. The average Bonchev–Trinajstić information content (AvgIpc) is 2.28. The van der Waals surface area contributed by atoms with E-state index in [2.05, 4.69) is 10.3 Å². The molecule has 0 aromatic heterocycles. The van der Waals surface area contributed by atoms with Crippen LogP contribution in [-0.2, 0) is 4.74 Å². The van der Waals surface area contributed by atoms with Crippen molar-refractivity contribution in [3.63, 3.8) is 0 Å². The van der Waals surface area contributed by atoms with Gasteiger partial charge < -0.3 is 10.1 Å². The van der Waals surface area contributed by atoms with Crippen molar-refractivity contribution in [2.24, 2.45) is 4.99 Å². The number of aliphatic imine (C=N–C) groups is 1. The number of hydrogen-bond donors (Lipinski definition) is 1. The number of nitriles is 1. The Balaban J connectivity index is 2.83. The predicted octanol–water partition coefficient (Wildman–Crippen LogP) is 0.513. The molecule has 56 valence electrons. The Morgan fingerprint density at radius 2 is 2.55 bits per heavy atom. The van der Waals surface area contributed by atoms with Crippen LogP contribution in [0.3, 0.4) is 0 Å². The Hall–Kier alpha value is -1.76. The number of nitrogens with zero attached hydrogens (tertiary/aromatic N) is 2. The molecule has 0 fully saturated rings. The van der Waals surface area contributed by atoms with Crippen LogP contribution in [0, 0.1) is 11.3 Å². The van der Waals surface area contributed by atoms with Gasteiger partial charge in [0, 0.05) is 6.20 Å². The van der Waals surface area contributed by atoms with E-state index in [4.69, 9.17) is 10.00 Å². The lowest BCUT2D eigenvalue weighted by molar-refractivity contribution is 0.388. The van der Waals surface area contributed by atoms with Crippen molar-refractivity contribution in [1.82, 2.24) is 5.32 Å². The van der Waals surface area contributed by atoms with Crippen molar-refractivity contribution >= 4 is 6.02 Å². The second-order valence-corrected chi connectivity index (χ2v) is 1.81. The van der Waals surface area contributed by atoms with Crippen LogP contribution >= 0.6 is 0 Å². The Kier molecular flexibility index (Phi) is 2.28. The molecular weight excluding hydrogens is 142 g/mol. The quantitative estimate of drug-likeness (QED) is 0.546. The van der Waals surface area contributed by atoms with Gasteiger partial charge in [0.1, 0.15) is 6.07 Å². The molecule has 0 bridgehead atoms. The highest BCUT2D eigenvalue weighted by Gasteiger charge is 1.96. The smallest absolute Gasteiger partial charge is 0.293 e. The molecule has 4 nitrogen and oxygen atoms in total. The van der Waals surface area contributed by atoms with Gasteiger partial charge in [-0.05, 0) is 6.08 Å². The predicted molar refractivity (Wildman–Crippen MR) is 40.4 cm³/mol. The molecule has 1 aliphatic heterocycles. The SMILES string of the molecule is COC1=NC=C(C#N)C=CN1. The van der Waals surface area contributed by atoms with Crippen molar-refractivity contribution in [2.45, 2.75) is 0 Å². The zero-order valence-electron chi connectivity index (χ0n) is 6.03. The molecule has 0 amide bonds. The van der Waals surface area contributed by atoms with Gasteiger partial charge in [-0.1, -0.05) is 0 Å². The van der Waals surface area contributed by atoms with Gasteiger partial charge in [0.05, 0.1) is 18.9 Å². The minimum Gasteiger partial charge on any atom is -0.468 e. The summed E-state index contributed by atoms with van der Waals surface area (Å²) in [5, 5.41) is 11.2. The fraction of sp³-hybridized carbons (Fsp3) is 0.143. The van der Waals surface area contributed by atoms with Gasteiger partial charge in [0.15, 0.2) is 0 Å². The molecular formula is C7H7N3O. The van der Waals surface area contributed by atoms with Crippen molar-refractivity contribution in [2.75, 3.05) is 7.11 Å². The fourth-order valence-electron chi connectivity index (χ4n) is 0.589. The number of methoxy groups -OCH3 is 1. The Bertz CT molecular complexity index is 270. The topological polar surface area (TPSA) is 57.4 Å². The second kappa shape index (κ2) is 3.42. The van der Waals surface area contributed by atoms with E-state index in [9.17, 15) is 0 Å². The maximum absolute atomic E-state index is 8.47. The minimum atomic E-state index is 0.381. The largest absolute Gasteiger partial charge is 0.468 e. The summed E-state index contributed by atoms with van der Waals surface area (Å²) >= 11 is 0. The summed E-state index contributed by atoms with van der Waals surface area (Å²) < 4.78 is 4.80. The first-order valence-corrected chi connectivity index (χ1v) is 3.02. The molecule has 1 N–H and O–H groups in total. The molecule has 1 aliphatic rings. The van der Waals surface area contributed by atoms with E-state index in [1.165, 1.54) is 13.3 Å². The zero-order valence-corrected chi connectivity index (χ0v) is 6.03. The fourth-order valence-corrected chi connectivity index (χ4v) is 0.589. The monoisotopic (exact) mass is 149 g/mol. The summed E-state index contributed by atoms with van der Waals surface area (Å²) in [6.45, 7) is 0. The first-order chi connectivity index (χ1) is 5.36. The number of nitrogens with one attached hydrogen (secondary N) is 1. The van der Waals surface area contributed by atoms with E-state index < -0.39 is 0 Å². The van der Waals surface area contributed by atoms with Crippen LogP contribution in [0.25, 0.3) is 0 Å². The third-order valence-electron chi connectivity index (χ3n) is 1.11. The van der Waals surface area contributed by atoms with Crippen LogP contribution in [0.15, 0.2) is 29.0 Å². The average molecular weight is 149 g/mol. The van der Waals surface area contributed by atoms with Crippen molar-refractivity contribution < 1.29 is 4.74 Å². The molecule has 0 aliphatic carbocycles. The van der Waals surface area contributed by atoms with E-state index in [0.717, 1.165) is 0 Å². The first kappa shape index (κ1) is 7.35. The van der Waals surface area contributed by atoms with Gasteiger partial charge in [0.25, 0.3) is 6.02 Å². The van der Waals surface area contributed by atoms with E-state index in [1.807, 2.05) is 6.07 Å². The summed E-state index contributed by atoms with van der Waals surface area (Å²) in [4.78, 5) is 3.83. The highest BCUT2D eigenvalue weighted by Crippen LogP contribution is 1.97. The van der Waals surface area contributed by atoms with Gasteiger partial charge in [-0.3, -0.25) is 0 Å². The molecule has 0 aromatic rings. The molecule has 0 radical (unpaired) electrons. The summed E-state index contributed by atoms with van der Waals surface area (Å²) in [5.74, 6) is 0. The maximum Gasteiger partial charge on any atom is 0.293 e. The Morgan fingerprint density at radius 1 is 1.73 bits per heavy atom. The summed E-state index contributed by atoms with van der Waals surface area (Å²) in [7, 11) is 1.50. The highest BCUT2D eigenvalue weighted by atomic mass is 16.5. The molecule has 0 atom stereocenters. The maximum atomic E-state index is 8.47. The van der Waals surface area contributed by atoms with Crippen molar-refractivity contribution in [3.8, 4) is 6.07 Å². The van der Waals surface area contributed by atoms with E-state index >= 15 is 0 Å². The lowest BCUT2D eigenvalue weighted by atomic mass is 10.3. The van der Waals surface area contributed by atoms with Gasteiger partial charge in [-0.2, -0.15) is 5.26 Å². The van der Waals surface area contributed by atoms with Crippen LogP contribution in [0.2, 0.25) is 0 Å². The lowest BCUT2D eigenvalue weighted by Gasteiger charge is -1.98. The summed E-state index contributed by atoms with van der Waals surface area (Å²) in [6, 6.07) is 2.34. The second-order valence-electron chi connectivity index (χ2n) is 1.81. The molecule has 0 spiro atoms. The van der Waals surface area contributed by atoms with Crippen LogP contribution in [0.5, 0.6) is 0 Å². The molecule has 0 unspecified atom stereocenters. The van der Waals surface area contributed by atoms with Crippen LogP contribution in [0.1, 0.15) is 0 Å². The molecule has 11 heavy (non-hydrogen) atoms. The zero-order chi connectivity index (χ0) is 8.10. The number of rotatable bonds is 0. The number of hydrogen-bond acceptors (Lipinski definition) is 4. The van der Waals surface area contributed by atoms with E-state index in [-0.39, 0.29) is 0 Å². The van der Waals surface area contributed by atoms with Crippen molar-refractivity contribution in [3.05, 3.63) is 24.0 Å². The minimum absolute atomic E-state index is 0.381. The molecule has 1 rings (SSSR count). The number of allylic oxidation sites excluding steroid dienone is 2. The highest BCUT2D eigenvalue weighted by molar-refractivity contribution is 5.76. The van der Waals surface area contributed by atoms with Crippen LogP contribution < -0.4 is 5.32 Å². The Morgan fingerprint density at radius 3 is 3.18 bits per heavy atom. The molecule has 4 heteroatoms. The molecule has 0 saturated heterocycles. The van der Waals surface area contributed by atoms with Crippen molar-refractivity contribution in [1.29, 1.82) is 5.26 Å². The van der Waals surface area contributed by atoms with E-state index in [0.29, 0.717) is 11.6 Å². The Labute approximate surface area is 64.5 Å². The van der Waals surface area contributed by atoms with Gasteiger partial charge in [-0.25, -0.2) is 4.99 Å². The normalized spacial score (nSPS) is 15.3. The van der Waals surface area contributed by atoms with Gasteiger partial charge >= 0.3 is 0 Å². The van der Waals surface area contributed by atoms with Gasteiger partial charge in [0.2, 0.25) is 0 Å². The molecule has 0 aromatic carbocycles. The molecule has 0 saturated carbocycles. The van der Waals surface area contributed by atoms with Gasteiger partial charge in [-0.15, -0.1) is 0 Å². The summed E-state index contributed by atoms with van der Waals surface area (Å²) in [5.41, 5.74) is 0.490. The lowest BCUT2D eigenvalue weighted by Crippen LogP contribution is -2.17. The third-order valence-corrected chi connectivity index (χ3v) is 1.11. The third kappa shape index (κ3) is 1.83. The number of amidine groups is 1. The molecule has 1 heterocycles. The summed E-state index contributed by atoms with van der Waals surface area (Å²) in [6.07, 6.45) is 4.66.